The van der Waals surface area contributed by atoms with Gasteiger partial charge in [0.25, 0.3) is 0 Å². The van der Waals surface area contributed by atoms with Crippen molar-refractivity contribution in [2.75, 3.05) is 0 Å². The van der Waals surface area contributed by atoms with Gasteiger partial charge in [-0.2, -0.15) is 18.3 Å². The van der Waals surface area contributed by atoms with Gasteiger partial charge in [-0.25, -0.2) is 18.3 Å². The van der Waals surface area contributed by atoms with Gasteiger partial charge >= 0.3 is 11.9 Å². The normalized spacial score (nSPS) is 22.5. The second kappa shape index (κ2) is 7.42. The molecule has 1 aliphatic carbocycles. The minimum absolute atomic E-state index is 0.0103. The first-order valence-electron chi connectivity index (χ1n) is 10.0. The molecule has 2 aromatic heterocycles. The van der Waals surface area contributed by atoms with Gasteiger partial charge in [0.15, 0.2) is 0 Å². The zero-order valence-electron chi connectivity index (χ0n) is 16.5. The van der Waals surface area contributed by atoms with Crippen molar-refractivity contribution in [3.8, 4) is 5.75 Å². The number of benzene rings is 1. The molecule has 32 heavy (non-hydrogen) atoms. The number of ether oxygens (including phenoxy) is 1. The Labute approximate surface area is 178 Å². The highest BCUT2D eigenvalue weighted by atomic mass is 19.4. The zero-order valence-corrected chi connectivity index (χ0v) is 16.5. The van der Waals surface area contributed by atoms with Crippen LogP contribution in [0, 0.1) is 11.6 Å². The second-order valence-electron chi connectivity index (χ2n) is 8.04. The highest BCUT2D eigenvalue weighted by molar-refractivity contribution is 5.26. The van der Waals surface area contributed by atoms with Gasteiger partial charge in [0.2, 0.25) is 0 Å². The molecule has 3 heterocycles. The molecule has 3 aromatic rings. The highest BCUT2D eigenvalue weighted by Gasteiger charge is 2.38. The maximum atomic E-state index is 13.6. The lowest BCUT2D eigenvalue weighted by molar-refractivity contribution is -0.138. The van der Waals surface area contributed by atoms with Crippen molar-refractivity contribution in [1.29, 1.82) is 0 Å². The first-order valence-corrected chi connectivity index (χ1v) is 10.0. The van der Waals surface area contributed by atoms with Gasteiger partial charge in [-0.15, -0.1) is 0 Å². The Hall–Kier alpha value is -3.24. The number of halogens is 5. The Bertz CT molecular complexity index is 1210. The van der Waals surface area contributed by atoms with Crippen LogP contribution < -0.4 is 10.4 Å². The van der Waals surface area contributed by atoms with E-state index in [2.05, 4.69) is 10.1 Å². The van der Waals surface area contributed by atoms with Crippen molar-refractivity contribution in [1.82, 2.24) is 19.3 Å². The third-order valence-corrected chi connectivity index (χ3v) is 5.89. The predicted molar refractivity (Wildman–Crippen MR) is 101 cm³/mol. The van der Waals surface area contributed by atoms with Gasteiger partial charge in [-0.3, -0.25) is 9.55 Å². The van der Waals surface area contributed by atoms with Crippen LogP contribution in [0.5, 0.6) is 5.75 Å². The molecule has 5 rings (SSSR count). The van der Waals surface area contributed by atoms with Crippen molar-refractivity contribution >= 4 is 0 Å². The maximum Gasteiger partial charge on any atom is 0.418 e. The molecule has 1 aliphatic heterocycles. The monoisotopic (exact) mass is 452 g/mol. The van der Waals surface area contributed by atoms with Crippen LogP contribution in [0.3, 0.4) is 0 Å². The fourth-order valence-electron chi connectivity index (χ4n) is 4.30. The average molecular weight is 452 g/mol. The molecule has 1 atom stereocenters. The summed E-state index contributed by atoms with van der Waals surface area (Å²) >= 11 is 0. The minimum atomic E-state index is -4.51. The van der Waals surface area contributed by atoms with Crippen molar-refractivity contribution in [2.24, 2.45) is 0 Å². The summed E-state index contributed by atoms with van der Waals surface area (Å²) in [5.74, 6) is -0.874. The van der Waals surface area contributed by atoms with Gasteiger partial charge in [-0.1, -0.05) is 0 Å². The van der Waals surface area contributed by atoms with E-state index in [0.29, 0.717) is 37.1 Å². The zero-order chi connectivity index (χ0) is 22.6. The van der Waals surface area contributed by atoms with E-state index in [-0.39, 0.29) is 23.6 Å². The molecule has 1 aromatic carbocycles. The standard InChI is InChI=1S/C21H17F5N4O2/c22-13-3-11(4-14(23)6-13)18-1-2-19-28-30(20(31)29(18)19)15-7-16(8-15)32-17-5-12(9-27-10-17)21(24,25)26/h3-6,9-10,15-16,18H,1-2,7-8H2/t15?,16?,18-/m0/s1. The van der Waals surface area contributed by atoms with Gasteiger partial charge in [0.05, 0.1) is 23.8 Å². The molecule has 0 amide bonds. The van der Waals surface area contributed by atoms with Crippen LogP contribution in [-0.2, 0) is 12.6 Å². The number of rotatable bonds is 4. The Morgan fingerprint density at radius 1 is 1.03 bits per heavy atom. The summed E-state index contributed by atoms with van der Waals surface area (Å²) in [6.45, 7) is 0. The SMILES string of the molecule is O=c1n(C2CC(Oc3cncc(C(F)(F)F)c3)C2)nc2n1[C@H](c1cc(F)cc(F)c1)CC2. The smallest absolute Gasteiger partial charge is 0.418 e. The first-order chi connectivity index (χ1) is 15.2. The number of aromatic nitrogens is 4. The van der Waals surface area contributed by atoms with E-state index >= 15 is 0 Å². The summed E-state index contributed by atoms with van der Waals surface area (Å²) in [5.41, 5.74) is -0.904. The van der Waals surface area contributed by atoms with Crippen molar-refractivity contribution in [3.05, 3.63) is 75.7 Å². The van der Waals surface area contributed by atoms with Gasteiger partial charge in [-0.05, 0) is 30.2 Å². The van der Waals surface area contributed by atoms with Crippen molar-refractivity contribution in [2.45, 2.75) is 50.0 Å². The summed E-state index contributed by atoms with van der Waals surface area (Å²) in [6.07, 6.45) is -1.15. The van der Waals surface area contributed by atoms with E-state index in [9.17, 15) is 26.7 Å². The summed E-state index contributed by atoms with van der Waals surface area (Å²) in [7, 11) is 0. The van der Waals surface area contributed by atoms with Gasteiger partial charge in [0.1, 0.15) is 29.3 Å². The molecular weight excluding hydrogens is 435 g/mol. The molecule has 0 unspecified atom stereocenters. The third kappa shape index (κ3) is 3.65. The summed E-state index contributed by atoms with van der Waals surface area (Å²) < 4.78 is 74.1. The Kier molecular flexibility index (Phi) is 4.79. The average Bonchev–Trinajstić information content (AvgIpc) is 3.24. The first kappa shape index (κ1) is 20.7. The van der Waals surface area contributed by atoms with E-state index in [4.69, 9.17) is 4.74 Å². The lowest BCUT2D eigenvalue weighted by atomic mass is 9.89. The minimum Gasteiger partial charge on any atom is -0.489 e. The van der Waals surface area contributed by atoms with Crippen LogP contribution in [-0.4, -0.2) is 25.4 Å². The number of aryl methyl sites for hydroxylation is 1. The topological polar surface area (TPSA) is 61.9 Å². The Balaban J connectivity index is 1.30. The number of hydrogen-bond donors (Lipinski definition) is 0. The molecule has 11 heteroatoms. The van der Waals surface area contributed by atoms with E-state index in [1.165, 1.54) is 27.6 Å². The molecule has 0 N–H and O–H groups in total. The number of nitrogens with zero attached hydrogens (tertiary/aromatic N) is 4. The number of hydrogen-bond acceptors (Lipinski definition) is 4. The largest absolute Gasteiger partial charge is 0.489 e. The fraction of sp³-hybridized carbons (Fsp3) is 0.381. The van der Waals surface area contributed by atoms with Gasteiger partial charge in [0, 0.05) is 31.5 Å². The van der Waals surface area contributed by atoms with Crippen molar-refractivity contribution < 1.29 is 26.7 Å². The van der Waals surface area contributed by atoms with Crippen molar-refractivity contribution in [3.63, 3.8) is 0 Å². The fourth-order valence-corrected chi connectivity index (χ4v) is 4.30. The van der Waals surface area contributed by atoms with Crippen LogP contribution in [0.4, 0.5) is 22.0 Å². The van der Waals surface area contributed by atoms with E-state index in [1.54, 1.807) is 0 Å². The highest BCUT2D eigenvalue weighted by Crippen LogP contribution is 2.37. The van der Waals surface area contributed by atoms with E-state index in [1.807, 2.05) is 0 Å². The van der Waals surface area contributed by atoms with Gasteiger partial charge < -0.3 is 4.74 Å². The molecule has 1 fully saturated rings. The maximum absolute atomic E-state index is 13.6. The molecular formula is C21H17F5N4O2. The Morgan fingerprint density at radius 2 is 1.75 bits per heavy atom. The van der Waals surface area contributed by atoms with E-state index < -0.39 is 29.4 Å². The molecule has 168 valence electrons. The molecule has 2 aliphatic rings. The Morgan fingerprint density at radius 3 is 2.44 bits per heavy atom. The number of pyridine rings is 1. The van der Waals surface area contributed by atoms with E-state index in [0.717, 1.165) is 18.3 Å². The molecule has 1 saturated carbocycles. The summed E-state index contributed by atoms with van der Waals surface area (Å²) in [6, 6.07) is 3.32. The third-order valence-electron chi connectivity index (χ3n) is 5.89. The quantitative estimate of drug-likeness (QED) is 0.561. The lowest BCUT2D eigenvalue weighted by Gasteiger charge is -2.34. The second-order valence-corrected chi connectivity index (χ2v) is 8.04. The molecule has 6 nitrogen and oxygen atoms in total. The number of fused-ring (bicyclic) bond motifs is 1. The summed E-state index contributed by atoms with van der Waals surface area (Å²) in [4.78, 5) is 16.5. The summed E-state index contributed by atoms with van der Waals surface area (Å²) in [5, 5.41) is 4.38. The van der Waals surface area contributed by atoms with Crippen LogP contribution >= 0.6 is 0 Å². The lowest BCUT2D eigenvalue weighted by Crippen LogP contribution is -2.41. The molecule has 0 spiro atoms. The number of alkyl halides is 3. The molecule has 0 radical (unpaired) electrons. The molecule has 0 bridgehead atoms. The van der Waals surface area contributed by atoms with Crippen LogP contribution in [0.15, 0.2) is 41.5 Å². The van der Waals surface area contributed by atoms with Crippen LogP contribution in [0.1, 0.15) is 48.3 Å². The predicted octanol–water partition coefficient (Wildman–Crippen LogP) is 4.05. The van der Waals surface area contributed by atoms with Crippen LogP contribution in [0.25, 0.3) is 0 Å². The molecule has 0 saturated heterocycles. The van der Waals surface area contributed by atoms with Crippen LogP contribution in [0.2, 0.25) is 0 Å².